The minimum atomic E-state index is -0.494. The maximum absolute atomic E-state index is 12.6. The third-order valence-electron chi connectivity index (χ3n) is 4.02. The van der Waals surface area contributed by atoms with Crippen molar-refractivity contribution in [2.24, 2.45) is 0 Å². The van der Waals surface area contributed by atoms with Crippen molar-refractivity contribution in [2.45, 2.75) is 25.4 Å². The molecule has 2 unspecified atom stereocenters. The predicted molar refractivity (Wildman–Crippen MR) is 93.2 cm³/mol. The number of para-hydroxylation sites is 1. The zero-order valence-corrected chi connectivity index (χ0v) is 13.4. The molecule has 1 N–H and O–H groups in total. The quantitative estimate of drug-likeness (QED) is 0.880. The summed E-state index contributed by atoms with van der Waals surface area (Å²) < 4.78 is 0. The molecule has 1 aliphatic heterocycles. The molecule has 1 aliphatic rings. The fraction of sp³-hybridized carbons (Fsp3) is 0.211. The zero-order chi connectivity index (χ0) is 16.9. The van der Waals surface area contributed by atoms with Crippen LogP contribution in [0.1, 0.15) is 18.9 Å². The van der Waals surface area contributed by atoms with Crippen LogP contribution >= 0.6 is 0 Å². The molecule has 1 saturated heterocycles. The van der Waals surface area contributed by atoms with Gasteiger partial charge in [0, 0.05) is 30.2 Å². The Morgan fingerprint density at radius 3 is 2.75 bits per heavy atom. The van der Waals surface area contributed by atoms with Crippen molar-refractivity contribution in [1.82, 2.24) is 10.3 Å². The Hall–Kier alpha value is -2.95. The second-order valence-corrected chi connectivity index (χ2v) is 5.81. The minimum Gasteiger partial charge on any atom is -0.341 e. The number of nitrogens with one attached hydrogen (secondary N) is 1. The van der Waals surface area contributed by atoms with Crippen LogP contribution in [0.25, 0.3) is 6.08 Å². The first-order valence-corrected chi connectivity index (χ1v) is 7.92. The van der Waals surface area contributed by atoms with Crippen LogP contribution in [0.2, 0.25) is 0 Å². The summed E-state index contributed by atoms with van der Waals surface area (Å²) in [6.07, 6.45) is 7.05. The standard InChI is InChI=1S/C19H19N3O2/c1-14-12-17(19(24)22(14)16-7-3-2-4-8-16)21-18(23)10-9-15-6-5-11-20-13-15/h2-11,13-14,17H,12H2,1H3,(H,21,23)/b10-9+. The van der Waals surface area contributed by atoms with Gasteiger partial charge in [-0.1, -0.05) is 24.3 Å². The summed E-state index contributed by atoms with van der Waals surface area (Å²) in [5.74, 6) is -0.351. The fourth-order valence-corrected chi connectivity index (χ4v) is 2.89. The van der Waals surface area contributed by atoms with Crippen LogP contribution in [0, 0.1) is 0 Å². The van der Waals surface area contributed by atoms with Gasteiger partial charge in [0.25, 0.3) is 0 Å². The number of nitrogens with zero attached hydrogens (tertiary/aromatic N) is 2. The Kier molecular flexibility index (Phi) is 4.70. The van der Waals surface area contributed by atoms with Gasteiger partial charge in [-0.3, -0.25) is 14.6 Å². The molecule has 5 heteroatoms. The molecular weight excluding hydrogens is 302 g/mol. The minimum absolute atomic E-state index is 0.0486. The van der Waals surface area contributed by atoms with Crippen molar-refractivity contribution in [3.05, 3.63) is 66.5 Å². The summed E-state index contributed by atoms with van der Waals surface area (Å²) in [4.78, 5) is 30.4. The smallest absolute Gasteiger partial charge is 0.249 e. The molecule has 24 heavy (non-hydrogen) atoms. The molecule has 0 spiro atoms. The van der Waals surface area contributed by atoms with Crippen molar-refractivity contribution in [3.8, 4) is 0 Å². The highest BCUT2D eigenvalue weighted by Gasteiger charge is 2.38. The largest absolute Gasteiger partial charge is 0.341 e. The lowest BCUT2D eigenvalue weighted by Crippen LogP contribution is -2.41. The molecular formula is C19H19N3O2. The van der Waals surface area contributed by atoms with E-state index in [4.69, 9.17) is 0 Å². The Balaban J connectivity index is 1.65. The molecule has 5 nitrogen and oxygen atoms in total. The van der Waals surface area contributed by atoms with Crippen LogP contribution in [0.15, 0.2) is 60.9 Å². The van der Waals surface area contributed by atoms with Crippen molar-refractivity contribution in [1.29, 1.82) is 0 Å². The van der Waals surface area contributed by atoms with Crippen LogP contribution in [0.3, 0.4) is 0 Å². The molecule has 0 aliphatic carbocycles. The lowest BCUT2D eigenvalue weighted by molar-refractivity contribution is -0.123. The Bertz CT molecular complexity index is 744. The molecule has 0 saturated carbocycles. The molecule has 2 amide bonds. The Morgan fingerprint density at radius 2 is 2.04 bits per heavy atom. The van der Waals surface area contributed by atoms with Crippen molar-refractivity contribution >= 4 is 23.6 Å². The van der Waals surface area contributed by atoms with E-state index in [0.29, 0.717) is 6.42 Å². The molecule has 0 radical (unpaired) electrons. The van der Waals surface area contributed by atoms with Gasteiger partial charge in [-0.2, -0.15) is 0 Å². The Labute approximate surface area is 141 Å². The third kappa shape index (κ3) is 3.51. The lowest BCUT2D eigenvalue weighted by Gasteiger charge is -2.21. The van der Waals surface area contributed by atoms with Crippen molar-refractivity contribution in [3.63, 3.8) is 0 Å². The van der Waals surface area contributed by atoms with Gasteiger partial charge in [0.15, 0.2) is 0 Å². The average Bonchev–Trinajstić information content (AvgIpc) is 2.88. The number of carbonyl (C=O) groups is 2. The van der Waals surface area contributed by atoms with Gasteiger partial charge in [0.2, 0.25) is 11.8 Å². The van der Waals surface area contributed by atoms with Gasteiger partial charge >= 0.3 is 0 Å². The van der Waals surface area contributed by atoms with Gasteiger partial charge in [-0.15, -0.1) is 0 Å². The summed E-state index contributed by atoms with van der Waals surface area (Å²) in [6, 6.07) is 12.7. The van der Waals surface area contributed by atoms with E-state index in [1.54, 1.807) is 29.4 Å². The normalized spacial score (nSPS) is 20.5. The fourth-order valence-electron chi connectivity index (χ4n) is 2.89. The summed E-state index contributed by atoms with van der Waals surface area (Å²) in [5.41, 5.74) is 1.70. The molecule has 1 aromatic heterocycles. The molecule has 2 heterocycles. The predicted octanol–water partition coefficient (Wildman–Crippen LogP) is 2.41. The van der Waals surface area contributed by atoms with E-state index < -0.39 is 6.04 Å². The summed E-state index contributed by atoms with van der Waals surface area (Å²) in [6.45, 7) is 1.99. The van der Waals surface area contributed by atoms with E-state index >= 15 is 0 Å². The van der Waals surface area contributed by atoms with Crippen LogP contribution < -0.4 is 10.2 Å². The van der Waals surface area contributed by atoms with Crippen LogP contribution in [0.4, 0.5) is 5.69 Å². The summed E-state index contributed by atoms with van der Waals surface area (Å²) in [5, 5.41) is 2.79. The van der Waals surface area contributed by atoms with Crippen LogP contribution in [0.5, 0.6) is 0 Å². The number of pyridine rings is 1. The van der Waals surface area contributed by atoms with Crippen molar-refractivity contribution < 1.29 is 9.59 Å². The first-order valence-electron chi connectivity index (χ1n) is 7.92. The highest BCUT2D eigenvalue weighted by molar-refractivity contribution is 6.03. The second kappa shape index (κ2) is 7.08. The summed E-state index contributed by atoms with van der Waals surface area (Å²) >= 11 is 0. The molecule has 2 aromatic rings. The number of aromatic nitrogens is 1. The van der Waals surface area contributed by atoms with Crippen molar-refractivity contribution in [2.75, 3.05) is 4.90 Å². The number of amides is 2. The molecule has 1 aromatic carbocycles. The topological polar surface area (TPSA) is 62.3 Å². The van der Waals surface area contributed by atoms with Gasteiger partial charge < -0.3 is 10.2 Å². The number of rotatable bonds is 4. The van der Waals surface area contributed by atoms with Gasteiger partial charge in [-0.05, 0) is 43.2 Å². The SMILES string of the molecule is CC1CC(NC(=O)/C=C/c2cccnc2)C(=O)N1c1ccccc1. The number of hydrogen-bond donors (Lipinski definition) is 1. The molecule has 1 fully saturated rings. The lowest BCUT2D eigenvalue weighted by atomic mass is 10.2. The Morgan fingerprint density at radius 1 is 1.25 bits per heavy atom. The molecule has 2 atom stereocenters. The van der Waals surface area contributed by atoms with E-state index in [1.165, 1.54) is 6.08 Å². The van der Waals surface area contributed by atoms with E-state index in [2.05, 4.69) is 10.3 Å². The van der Waals surface area contributed by atoms with Crippen LogP contribution in [-0.2, 0) is 9.59 Å². The van der Waals surface area contributed by atoms with Gasteiger partial charge in [0.1, 0.15) is 6.04 Å². The molecule has 122 valence electrons. The van der Waals surface area contributed by atoms with E-state index in [1.807, 2.05) is 43.3 Å². The number of benzene rings is 1. The number of carbonyl (C=O) groups excluding carboxylic acids is 2. The number of anilines is 1. The first-order chi connectivity index (χ1) is 11.6. The maximum Gasteiger partial charge on any atom is 0.249 e. The highest BCUT2D eigenvalue weighted by Crippen LogP contribution is 2.26. The van der Waals surface area contributed by atoms with E-state index in [-0.39, 0.29) is 17.9 Å². The zero-order valence-electron chi connectivity index (χ0n) is 13.4. The second-order valence-electron chi connectivity index (χ2n) is 5.81. The highest BCUT2D eigenvalue weighted by atomic mass is 16.2. The number of hydrogen-bond acceptors (Lipinski definition) is 3. The maximum atomic E-state index is 12.6. The first kappa shape index (κ1) is 15.9. The van der Waals surface area contributed by atoms with Gasteiger partial charge in [0.05, 0.1) is 0 Å². The van der Waals surface area contributed by atoms with E-state index in [9.17, 15) is 9.59 Å². The summed E-state index contributed by atoms with van der Waals surface area (Å²) in [7, 11) is 0. The van der Waals surface area contributed by atoms with E-state index in [0.717, 1.165) is 11.3 Å². The molecule has 0 bridgehead atoms. The average molecular weight is 321 g/mol. The van der Waals surface area contributed by atoms with Gasteiger partial charge in [-0.25, -0.2) is 0 Å². The van der Waals surface area contributed by atoms with Crippen LogP contribution in [-0.4, -0.2) is 28.9 Å². The molecule has 3 rings (SSSR count). The third-order valence-corrected chi connectivity index (χ3v) is 4.02. The monoisotopic (exact) mass is 321 g/mol.